The van der Waals surface area contributed by atoms with Crippen LogP contribution in [0, 0.1) is 5.41 Å². The van der Waals surface area contributed by atoms with E-state index in [0.29, 0.717) is 0 Å². The zero-order valence-corrected chi connectivity index (χ0v) is 15.3. The van der Waals surface area contributed by atoms with E-state index in [1.807, 2.05) is 11.8 Å². The molecule has 2 rings (SSSR count). The van der Waals surface area contributed by atoms with E-state index in [0.717, 1.165) is 41.8 Å². The van der Waals surface area contributed by atoms with Gasteiger partial charge in [-0.05, 0) is 42.1 Å². The van der Waals surface area contributed by atoms with Crippen molar-refractivity contribution in [2.45, 2.75) is 38.9 Å². The number of nitrogens with one attached hydrogen (secondary N) is 1. The minimum absolute atomic E-state index is 0.0987. The molecule has 0 aromatic carbocycles. The molecule has 2 heterocycles. The van der Waals surface area contributed by atoms with E-state index in [4.69, 9.17) is 0 Å². The fraction of sp³-hybridized carbons (Fsp3) is 0.667. The summed E-state index contributed by atoms with van der Waals surface area (Å²) < 4.78 is 0. The lowest BCUT2D eigenvalue weighted by Crippen LogP contribution is -2.37. The number of amides is 1. The lowest BCUT2D eigenvalue weighted by molar-refractivity contribution is 0.0936. The maximum absolute atomic E-state index is 12.3. The number of carbonyl (C=O) groups excluding carboxylic acids is 1. The summed E-state index contributed by atoms with van der Waals surface area (Å²) in [6.45, 7) is 5.14. The number of carbonyl (C=O) groups is 1. The van der Waals surface area contributed by atoms with Crippen LogP contribution in [0.25, 0.3) is 0 Å². The zero-order valence-electron chi connectivity index (χ0n) is 12.1. The SMILES string of the molecule is CCC(CC)(CBr)CNC(=O)c1cc2c(s1)CCSC2. The summed E-state index contributed by atoms with van der Waals surface area (Å²) in [4.78, 5) is 14.6. The van der Waals surface area contributed by atoms with Gasteiger partial charge in [-0.25, -0.2) is 0 Å². The van der Waals surface area contributed by atoms with E-state index >= 15 is 0 Å². The summed E-state index contributed by atoms with van der Waals surface area (Å²) in [6.07, 6.45) is 3.27. The van der Waals surface area contributed by atoms with Gasteiger partial charge in [0.25, 0.3) is 5.91 Å². The van der Waals surface area contributed by atoms with Crippen molar-refractivity contribution in [1.29, 1.82) is 0 Å². The molecule has 0 radical (unpaired) electrons. The second kappa shape index (κ2) is 7.32. The Kier molecular flexibility index (Phi) is 5.99. The molecular weight excluding hydrogens is 354 g/mol. The molecule has 1 N–H and O–H groups in total. The van der Waals surface area contributed by atoms with Gasteiger partial charge in [0.2, 0.25) is 0 Å². The third-order valence-corrected chi connectivity index (χ3v) is 7.69. The Morgan fingerprint density at radius 2 is 2.20 bits per heavy atom. The number of hydrogen-bond acceptors (Lipinski definition) is 3. The maximum atomic E-state index is 12.3. The molecule has 0 fully saturated rings. The van der Waals surface area contributed by atoms with Gasteiger partial charge >= 0.3 is 0 Å². The first-order valence-electron chi connectivity index (χ1n) is 7.17. The van der Waals surface area contributed by atoms with Crippen molar-refractivity contribution in [2.24, 2.45) is 5.41 Å². The summed E-state index contributed by atoms with van der Waals surface area (Å²) in [7, 11) is 0. The molecule has 0 atom stereocenters. The second-order valence-corrected chi connectivity index (χ2v) is 8.19. The highest BCUT2D eigenvalue weighted by atomic mass is 79.9. The van der Waals surface area contributed by atoms with Crippen LogP contribution in [0.15, 0.2) is 6.07 Å². The number of halogens is 1. The number of rotatable bonds is 6. The Balaban J connectivity index is 1.99. The van der Waals surface area contributed by atoms with Gasteiger partial charge in [-0.15, -0.1) is 11.3 Å². The van der Waals surface area contributed by atoms with Crippen LogP contribution in [0.3, 0.4) is 0 Å². The molecule has 0 aliphatic carbocycles. The van der Waals surface area contributed by atoms with Crippen LogP contribution in [-0.2, 0) is 12.2 Å². The van der Waals surface area contributed by atoms with Gasteiger partial charge in [-0.3, -0.25) is 4.79 Å². The van der Waals surface area contributed by atoms with Crippen molar-refractivity contribution in [1.82, 2.24) is 5.32 Å². The fourth-order valence-corrected chi connectivity index (χ4v) is 5.63. The summed E-state index contributed by atoms with van der Waals surface area (Å²) in [5.41, 5.74) is 1.55. The van der Waals surface area contributed by atoms with E-state index < -0.39 is 0 Å². The first-order valence-corrected chi connectivity index (χ1v) is 10.3. The molecule has 1 aromatic rings. The van der Waals surface area contributed by atoms with Crippen LogP contribution in [0.5, 0.6) is 0 Å². The van der Waals surface area contributed by atoms with Crippen molar-refractivity contribution < 1.29 is 4.79 Å². The van der Waals surface area contributed by atoms with Gasteiger partial charge in [-0.1, -0.05) is 29.8 Å². The third kappa shape index (κ3) is 3.60. The summed E-state index contributed by atoms with van der Waals surface area (Å²) in [5.74, 6) is 2.35. The van der Waals surface area contributed by atoms with Crippen LogP contribution < -0.4 is 5.32 Å². The predicted octanol–water partition coefficient (Wildman–Crippen LogP) is 4.47. The van der Waals surface area contributed by atoms with Gasteiger partial charge < -0.3 is 5.32 Å². The highest BCUT2D eigenvalue weighted by Crippen LogP contribution is 2.32. The normalized spacial score (nSPS) is 14.9. The highest BCUT2D eigenvalue weighted by molar-refractivity contribution is 9.09. The molecule has 1 amide bonds. The first-order chi connectivity index (χ1) is 9.64. The molecule has 0 bridgehead atoms. The quantitative estimate of drug-likeness (QED) is 0.743. The van der Waals surface area contributed by atoms with Gasteiger partial charge in [0.1, 0.15) is 0 Å². The maximum Gasteiger partial charge on any atom is 0.261 e. The van der Waals surface area contributed by atoms with Gasteiger partial charge in [0.05, 0.1) is 4.88 Å². The number of aryl methyl sites for hydroxylation is 1. The number of fused-ring (bicyclic) bond motifs is 1. The monoisotopic (exact) mass is 375 g/mol. The zero-order chi connectivity index (χ0) is 14.6. The van der Waals surface area contributed by atoms with Gasteiger partial charge in [0, 0.05) is 22.5 Å². The number of alkyl halides is 1. The Morgan fingerprint density at radius 1 is 1.45 bits per heavy atom. The molecule has 2 nitrogen and oxygen atoms in total. The smallest absolute Gasteiger partial charge is 0.261 e. The Labute approximate surface area is 138 Å². The lowest BCUT2D eigenvalue weighted by atomic mass is 9.84. The molecule has 0 saturated carbocycles. The van der Waals surface area contributed by atoms with Crippen LogP contribution in [0.2, 0.25) is 0 Å². The van der Waals surface area contributed by atoms with Crippen LogP contribution in [0.1, 0.15) is 46.8 Å². The topological polar surface area (TPSA) is 29.1 Å². The van der Waals surface area contributed by atoms with Crippen molar-refractivity contribution >= 4 is 44.9 Å². The molecule has 112 valence electrons. The molecule has 1 aromatic heterocycles. The van der Waals surface area contributed by atoms with Gasteiger partial charge in [0.15, 0.2) is 0 Å². The van der Waals surface area contributed by atoms with Crippen molar-refractivity contribution in [3.05, 3.63) is 21.4 Å². The van der Waals surface area contributed by atoms with Crippen molar-refractivity contribution in [3.63, 3.8) is 0 Å². The second-order valence-electron chi connectivity index (χ2n) is 5.39. The first kappa shape index (κ1) is 16.4. The standard InChI is InChI=1S/C15H22BrNOS2/c1-3-15(4-2,9-16)10-17-14(18)13-7-11-8-19-6-5-12(11)20-13/h7H,3-6,8-10H2,1-2H3,(H,17,18). The number of hydrogen-bond donors (Lipinski definition) is 1. The molecule has 1 aliphatic rings. The lowest BCUT2D eigenvalue weighted by Gasteiger charge is -2.29. The summed E-state index contributed by atoms with van der Waals surface area (Å²) >= 11 is 7.23. The molecular formula is C15H22BrNOS2. The Morgan fingerprint density at radius 3 is 2.80 bits per heavy atom. The molecule has 0 unspecified atom stereocenters. The van der Waals surface area contributed by atoms with Crippen molar-refractivity contribution in [3.8, 4) is 0 Å². The van der Waals surface area contributed by atoms with Crippen LogP contribution >= 0.6 is 39.0 Å². The van der Waals surface area contributed by atoms with E-state index in [-0.39, 0.29) is 11.3 Å². The minimum atomic E-state index is 0.0987. The molecule has 20 heavy (non-hydrogen) atoms. The molecule has 5 heteroatoms. The fourth-order valence-electron chi connectivity index (χ4n) is 2.35. The molecule has 1 aliphatic heterocycles. The average Bonchev–Trinajstić information content (AvgIpc) is 2.93. The van der Waals surface area contributed by atoms with E-state index in [2.05, 4.69) is 41.2 Å². The van der Waals surface area contributed by atoms with Crippen LogP contribution in [0.4, 0.5) is 0 Å². The number of thioether (sulfide) groups is 1. The summed E-state index contributed by atoms with van der Waals surface area (Å²) in [5, 5.41) is 4.07. The van der Waals surface area contributed by atoms with E-state index in [9.17, 15) is 4.79 Å². The van der Waals surface area contributed by atoms with Gasteiger partial charge in [-0.2, -0.15) is 11.8 Å². The van der Waals surface area contributed by atoms with E-state index in [1.54, 1.807) is 11.3 Å². The van der Waals surface area contributed by atoms with Crippen LogP contribution in [-0.4, -0.2) is 23.5 Å². The van der Waals surface area contributed by atoms with E-state index in [1.165, 1.54) is 16.2 Å². The Hall–Kier alpha value is -0.000000000000000111. The largest absolute Gasteiger partial charge is 0.351 e. The minimum Gasteiger partial charge on any atom is -0.351 e. The molecule has 0 spiro atoms. The summed E-state index contributed by atoms with van der Waals surface area (Å²) in [6, 6.07) is 2.09. The number of thiophene rings is 1. The Bertz CT molecular complexity index is 437. The average molecular weight is 376 g/mol. The molecule has 0 saturated heterocycles. The predicted molar refractivity (Wildman–Crippen MR) is 93.3 cm³/mol. The highest BCUT2D eigenvalue weighted by Gasteiger charge is 2.26. The third-order valence-electron chi connectivity index (χ3n) is 4.26. The van der Waals surface area contributed by atoms with Crippen molar-refractivity contribution in [2.75, 3.05) is 17.6 Å².